The molecule has 6 nitrogen and oxygen atoms in total. The molecule has 0 saturated heterocycles. The first kappa shape index (κ1) is 19.6. The molecule has 0 aliphatic carbocycles. The second-order valence-corrected chi connectivity index (χ2v) is 8.71. The van der Waals surface area contributed by atoms with Crippen LogP contribution in [0.3, 0.4) is 0 Å². The van der Waals surface area contributed by atoms with Gasteiger partial charge in [0.1, 0.15) is 4.21 Å². The van der Waals surface area contributed by atoms with E-state index in [0.717, 1.165) is 21.2 Å². The summed E-state index contributed by atoms with van der Waals surface area (Å²) in [5.41, 5.74) is 0.982. The van der Waals surface area contributed by atoms with Gasteiger partial charge in [-0.1, -0.05) is 36.4 Å². The molecule has 0 spiro atoms. The number of carbonyl (C=O) groups excluding carboxylic acids is 1. The molecular weight excluding hydrogens is 360 g/mol. The van der Waals surface area contributed by atoms with E-state index in [1.54, 1.807) is 23.5 Å². The number of methoxy groups -OCH3 is 1. The fourth-order valence-electron chi connectivity index (χ4n) is 2.24. The highest BCUT2D eigenvalue weighted by Gasteiger charge is 2.26. The van der Waals surface area contributed by atoms with Crippen molar-refractivity contribution >= 4 is 27.3 Å². The monoisotopic (exact) mass is 382 g/mol. The van der Waals surface area contributed by atoms with Crippen LogP contribution in [0.1, 0.15) is 5.56 Å². The number of benzene rings is 1. The van der Waals surface area contributed by atoms with E-state index in [4.69, 9.17) is 4.74 Å². The van der Waals surface area contributed by atoms with Crippen molar-refractivity contribution in [2.75, 3.05) is 33.9 Å². The molecule has 0 radical (unpaired) electrons. The molecule has 1 aromatic carbocycles. The van der Waals surface area contributed by atoms with Gasteiger partial charge in [0.05, 0.1) is 13.2 Å². The topological polar surface area (TPSA) is 66.9 Å². The van der Waals surface area contributed by atoms with E-state index in [9.17, 15) is 13.2 Å². The van der Waals surface area contributed by atoms with Gasteiger partial charge in [-0.15, -0.1) is 11.3 Å². The van der Waals surface area contributed by atoms with Crippen LogP contribution in [0.4, 0.5) is 0 Å². The number of likely N-dealkylation sites (N-methyl/N-ethyl adjacent to an activating group) is 1. The largest absolute Gasteiger partial charge is 0.383 e. The van der Waals surface area contributed by atoms with E-state index < -0.39 is 10.0 Å². The molecule has 1 heterocycles. The lowest BCUT2D eigenvalue weighted by atomic mass is 10.2. The molecule has 0 fully saturated rings. The number of ether oxygens (including phenoxy) is 1. The van der Waals surface area contributed by atoms with Crippen molar-refractivity contribution in [1.29, 1.82) is 0 Å². The van der Waals surface area contributed by atoms with E-state index in [1.165, 1.54) is 13.1 Å². The highest BCUT2D eigenvalue weighted by molar-refractivity contribution is 7.91. The van der Waals surface area contributed by atoms with Gasteiger partial charge >= 0.3 is 0 Å². The zero-order valence-corrected chi connectivity index (χ0v) is 15.9. The third-order valence-corrected chi connectivity index (χ3v) is 6.83. The third kappa shape index (κ3) is 5.37. The molecule has 2 rings (SSSR count). The van der Waals surface area contributed by atoms with E-state index in [2.05, 4.69) is 0 Å². The second kappa shape index (κ2) is 9.10. The number of thiophene rings is 1. The molecule has 0 unspecified atom stereocenters. The highest BCUT2D eigenvalue weighted by Crippen LogP contribution is 2.19. The molecule has 2 aromatic rings. The number of carbonyl (C=O) groups is 1. The lowest BCUT2D eigenvalue weighted by Gasteiger charge is -2.25. The standard InChI is InChI=1S/C17H22N2O4S2/c1-18(25(21,22)17-9-6-12-24-17)14-16(20)19(10-11-23-2)13-15-7-4-3-5-8-15/h3-9,12H,10-11,13-14H2,1-2H3. The molecule has 0 aliphatic heterocycles. The Labute approximate surface area is 152 Å². The summed E-state index contributed by atoms with van der Waals surface area (Å²) in [5.74, 6) is -0.261. The maximum absolute atomic E-state index is 12.6. The molecular formula is C17H22N2O4S2. The highest BCUT2D eigenvalue weighted by atomic mass is 32.2. The van der Waals surface area contributed by atoms with Gasteiger partial charge in [0.25, 0.3) is 10.0 Å². The third-order valence-electron chi connectivity index (χ3n) is 3.65. The number of amides is 1. The minimum Gasteiger partial charge on any atom is -0.383 e. The first-order chi connectivity index (χ1) is 11.9. The second-order valence-electron chi connectivity index (χ2n) is 5.49. The molecule has 25 heavy (non-hydrogen) atoms. The number of hydrogen-bond acceptors (Lipinski definition) is 5. The van der Waals surface area contributed by atoms with Crippen LogP contribution in [0.2, 0.25) is 0 Å². The van der Waals surface area contributed by atoms with Crippen LogP contribution in [-0.4, -0.2) is 57.4 Å². The van der Waals surface area contributed by atoms with Gasteiger partial charge in [0.15, 0.2) is 0 Å². The molecule has 136 valence electrons. The minimum atomic E-state index is -3.64. The Morgan fingerprint density at radius 1 is 1.16 bits per heavy atom. The predicted molar refractivity (Wildman–Crippen MR) is 97.9 cm³/mol. The molecule has 1 amide bonds. The Balaban J connectivity index is 2.08. The predicted octanol–water partition coefficient (Wildman–Crippen LogP) is 2.04. The summed E-state index contributed by atoms with van der Waals surface area (Å²) in [6.07, 6.45) is 0. The molecule has 0 aliphatic rings. The van der Waals surface area contributed by atoms with Crippen LogP contribution in [0.15, 0.2) is 52.1 Å². The molecule has 1 aromatic heterocycles. The zero-order valence-electron chi connectivity index (χ0n) is 14.3. The van der Waals surface area contributed by atoms with E-state index in [-0.39, 0.29) is 16.7 Å². The average molecular weight is 383 g/mol. The number of hydrogen-bond donors (Lipinski definition) is 0. The van der Waals surface area contributed by atoms with E-state index in [1.807, 2.05) is 30.3 Å². The Morgan fingerprint density at radius 2 is 1.88 bits per heavy atom. The molecule has 8 heteroatoms. The molecule has 0 atom stereocenters. The summed E-state index contributed by atoms with van der Waals surface area (Å²) >= 11 is 1.14. The summed E-state index contributed by atoms with van der Waals surface area (Å²) in [4.78, 5) is 14.3. The Hall–Kier alpha value is -1.74. The van der Waals surface area contributed by atoms with Crippen molar-refractivity contribution in [2.45, 2.75) is 10.8 Å². The smallest absolute Gasteiger partial charge is 0.252 e. The molecule has 0 N–H and O–H groups in total. The van der Waals surface area contributed by atoms with Crippen molar-refractivity contribution in [2.24, 2.45) is 0 Å². The van der Waals surface area contributed by atoms with Crippen molar-refractivity contribution in [3.63, 3.8) is 0 Å². The van der Waals surface area contributed by atoms with Crippen LogP contribution < -0.4 is 0 Å². The van der Waals surface area contributed by atoms with Gasteiger partial charge < -0.3 is 9.64 Å². The van der Waals surface area contributed by atoms with Gasteiger partial charge in [0, 0.05) is 27.2 Å². The number of rotatable bonds is 9. The summed E-state index contributed by atoms with van der Waals surface area (Å²) < 4.78 is 31.3. The van der Waals surface area contributed by atoms with Crippen LogP contribution in [0.25, 0.3) is 0 Å². The SMILES string of the molecule is COCCN(Cc1ccccc1)C(=O)CN(C)S(=O)(=O)c1cccs1. The number of sulfonamides is 1. The fraction of sp³-hybridized carbons (Fsp3) is 0.353. The van der Waals surface area contributed by atoms with Crippen molar-refractivity contribution in [1.82, 2.24) is 9.21 Å². The first-order valence-electron chi connectivity index (χ1n) is 7.75. The Morgan fingerprint density at radius 3 is 2.48 bits per heavy atom. The maximum Gasteiger partial charge on any atom is 0.252 e. The maximum atomic E-state index is 12.6. The van der Waals surface area contributed by atoms with Gasteiger partial charge in [-0.3, -0.25) is 4.79 Å². The van der Waals surface area contributed by atoms with Crippen molar-refractivity contribution in [3.05, 3.63) is 53.4 Å². The fourth-order valence-corrected chi connectivity index (χ4v) is 4.56. The van der Waals surface area contributed by atoms with Gasteiger partial charge in [-0.25, -0.2) is 8.42 Å². The van der Waals surface area contributed by atoms with Crippen LogP contribution in [0, 0.1) is 0 Å². The number of nitrogens with zero attached hydrogens (tertiary/aromatic N) is 2. The first-order valence-corrected chi connectivity index (χ1v) is 10.1. The van der Waals surface area contributed by atoms with Gasteiger partial charge in [-0.05, 0) is 17.0 Å². The lowest BCUT2D eigenvalue weighted by Crippen LogP contribution is -2.42. The average Bonchev–Trinajstić information content (AvgIpc) is 3.14. The summed E-state index contributed by atoms with van der Waals surface area (Å²) in [7, 11) is -0.656. The Bertz CT molecular complexity index is 761. The zero-order chi connectivity index (χ0) is 18.3. The quantitative estimate of drug-likeness (QED) is 0.666. The lowest BCUT2D eigenvalue weighted by molar-refractivity contribution is -0.132. The Kier molecular flexibility index (Phi) is 7.12. The van der Waals surface area contributed by atoms with Crippen LogP contribution in [-0.2, 0) is 26.1 Å². The van der Waals surface area contributed by atoms with E-state index in [0.29, 0.717) is 19.7 Å². The molecule has 0 saturated carbocycles. The van der Waals surface area contributed by atoms with Gasteiger partial charge in [-0.2, -0.15) is 4.31 Å². The molecule has 0 bridgehead atoms. The summed E-state index contributed by atoms with van der Waals surface area (Å²) in [6, 6.07) is 12.8. The summed E-state index contributed by atoms with van der Waals surface area (Å²) in [6.45, 7) is 0.990. The normalized spacial score (nSPS) is 11.6. The van der Waals surface area contributed by atoms with E-state index >= 15 is 0 Å². The summed E-state index contributed by atoms with van der Waals surface area (Å²) in [5, 5.41) is 1.70. The van der Waals surface area contributed by atoms with Crippen molar-refractivity contribution < 1.29 is 17.9 Å². The van der Waals surface area contributed by atoms with Crippen LogP contribution >= 0.6 is 11.3 Å². The minimum absolute atomic E-state index is 0.212. The van der Waals surface area contributed by atoms with Crippen LogP contribution in [0.5, 0.6) is 0 Å². The van der Waals surface area contributed by atoms with Crippen molar-refractivity contribution in [3.8, 4) is 0 Å². The van der Waals surface area contributed by atoms with Gasteiger partial charge in [0.2, 0.25) is 5.91 Å².